The van der Waals surface area contributed by atoms with Gasteiger partial charge in [0.15, 0.2) is 0 Å². The van der Waals surface area contributed by atoms with Crippen LogP contribution in [0, 0.1) is 11.6 Å². The number of halogens is 2. The fourth-order valence-corrected chi connectivity index (χ4v) is 4.50. The maximum Gasteiger partial charge on any atom is 0.225 e. The Kier molecular flexibility index (Phi) is 8.67. The molecule has 5 nitrogen and oxygen atoms in total. The lowest BCUT2D eigenvalue weighted by atomic mass is 9.88. The van der Waals surface area contributed by atoms with E-state index in [1.807, 2.05) is 24.3 Å². The van der Waals surface area contributed by atoms with Gasteiger partial charge in [-0.25, -0.2) is 8.78 Å². The van der Waals surface area contributed by atoms with E-state index in [0.717, 1.165) is 17.7 Å². The van der Waals surface area contributed by atoms with Crippen LogP contribution in [0.5, 0.6) is 5.75 Å². The van der Waals surface area contributed by atoms with Crippen LogP contribution in [0.4, 0.5) is 14.5 Å². The third-order valence-electron chi connectivity index (χ3n) is 6.57. The first kappa shape index (κ1) is 25.8. The van der Waals surface area contributed by atoms with Gasteiger partial charge in [0, 0.05) is 36.2 Å². The summed E-state index contributed by atoms with van der Waals surface area (Å²) >= 11 is 0. The zero-order valence-electron chi connectivity index (χ0n) is 20.6. The number of methoxy groups -OCH3 is 1. The molecule has 1 amide bonds. The van der Waals surface area contributed by atoms with Gasteiger partial charge in [-0.05, 0) is 67.3 Å². The molecule has 3 aromatic carbocycles. The van der Waals surface area contributed by atoms with Crippen LogP contribution >= 0.6 is 0 Å². The molecular weight excluding hydrogens is 462 g/mol. The third kappa shape index (κ3) is 6.68. The first-order valence-electron chi connectivity index (χ1n) is 12.2. The summed E-state index contributed by atoms with van der Waals surface area (Å²) in [4.78, 5) is 13.2. The molecule has 190 valence electrons. The van der Waals surface area contributed by atoms with E-state index >= 15 is 0 Å². The first-order chi connectivity index (χ1) is 17.4. The molecule has 7 heteroatoms. The molecule has 36 heavy (non-hydrogen) atoms. The molecule has 0 radical (unpaired) electrons. The standard InChI is InChI=1S/C29H32F2N2O3/c1-19-18-36-24(17-32-19)14-15-25-27(31)4-3-5-28(25)33-29(34)16-26(20-6-10-22(30)11-7-20)21-8-12-23(35-2)13-9-21/h3-13,19,24,26,32H,14-18H2,1-2H3,(H,33,34)/t19-,24+,26+/m0/s1. The van der Waals surface area contributed by atoms with E-state index in [9.17, 15) is 13.6 Å². The van der Waals surface area contributed by atoms with Gasteiger partial charge in [-0.3, -0.25) is 4.79 Å². The number of morpholine rings is 1. The second kappa shape index (κ2) is 12.1. The highest BCUT2D eigenvalue weighted by atomic mass is 19.1. The molecule has 1 aliphatic rings. The van der Waals surface area contributed by atoms with Crippen LogP contribution in [0.25, 0.3) is 0 Å². The SMILES string of the molecule is COc1ccc([C@H](CC(=O)Nc2cccc(F)c2CC[C@@H]2CN[C@@H](C)CO2)c2ccc(F)cc2)cc1. The van der Waals surface area contributed by atoms with Crippen LogP contribution in [0.1, 0.15) is 42.4 Å². The maximum absolute atomic E-state index is 14.8. The first-order valence-corrected chi connectivity index (χ1v) is 12.2. The molecule has 1 fully saturated rings. The Morgan fingerprint density at radius 3 is 2.42 bits per heavy atom. The Morgan fingerprint density at radius 1 is 1.08 bits per heavy atom. The van der Waals surface area contributed by atoms with E-state index in [1.165, 1.54) is 18.2 Å². The average molecular weight is 495 g/mol. The number of amides is 1. The van der Waals surface area contributed by atoms with Gasteiger partial charge >= 0.3 is 0 Å². The van der Waals surface area contributed by atoms with Crippen LogP contribution in [0.3, 0.4) is 0 Å². The zero-order chi connectivity index (χ0) is 25.5. The number of carbonyl (C=O) groups is 1. The normalized spacial score (nSPS) is 18.4. The second-order valence-corrected chi connectivity index (χ2v) is 9.20. The summed E-state index contributed by atoms with van der Waals surface area (Å²) in [5.41, 5.74) is 2.64. The summed E-state index contributed by atoms with van der Waals surface area (Å²) in [6.07, 6.45) is 1.21. The number of hydrogen-bond acceptors (Lipinski definition) is 4. The topological polar surface area (TPSA) is 59.6 Å². The molecule has 1 heterocycles. The number of hydrogen-bond donors (Lipinski definition) is 2. The van der Waals surface area contributed by atoms with E-state index in [0.29, 0.717) is 42.5 Å². The Labute approximate surface area is 210 Å². The van der Waals surface area contributed by atoms with Gasteiger partial charge in [0.1, 0.15) is 17.4 Å². The van der Waals surface area contributed by atoms with Crippen molar-refractivity contribution in [3.63, 3.8) is 0 Å². The lowest BCUT2D eigenvalue weighted by Crippen LogP contribution is -2.44. The van der Waals surface area contributed by atoms with Crippen LogP contribution in [0.15, 0.2) is 66.7 Å². The Balaban J connectivity index is 1.49. The maximum atomic E-state index is 14.8. The van der Waals surface area contributed by atoms with E-state index in [1.54, 1.807) is 31.4 Å². The molecule has 1 aliphatic heterocycles. The van der Waals surface area contributed by atoms with Crippen LogP contribution in [0.2, 0.25) is 0 Å². The van der Waals surface area contributed by atoms with E-state index in [4.69, 9.17) is 9.47 Å². The van der Waals surface area contributed by atoms with Gasteiger partial charge in [0.2, 0.25) is 5.91 Å². The number of carbonyl (C=O) groups excluding carboxylic acids is 1. The summed E-state index contributed by atoms with van der Waals surface area (Å²) in [5, 5.41) is 6.29. The van der Waals surface area contributed by atoms with E-state index in [-0.39, 0.29) is 36.0 Å². The predicted octanol–water partition coefficient (Wildman–Crippen LogP) is 5.44. The molecule has 0 spiro atoms. The minimum Gasteiger partial charge on any atom is -0.497 e. The second-order valence-electron chi connectivity index (χ2n) is 9.20. The van der Waals surface area contributed by atoms with Crippen molar-refractivity contribution in [2.24, 2.45) is 0 Å². The summed E-state index contributed by atoms with van der Waals surface area (Å²) in [5.74, 6) is -0.548. The molecule has 0 saturated carbocycles. The molecule has 1 saturated heterocycles. The van der Waals surface area contributed by atoms with Gasteiger partial charge in [-0.2, -0.15) is 0 Å². The summed E-state index contributed by atoms with van der Waals surface area (Å²) in [6.45, 7) is 3.41. The monoisotopic (exact) mass is 494 g/mol. The number of rotatable bonds is 9. The van der Waals surface area contributed by atoms with Crippen molar-refractivity contribution in [3.8, 4) is 5.75 Å². The highest BCUT2D eigenvalue weighted by molar-refractivity contribution is 5.92. The van der Waals surface area contributed by atoms with Crippen molar-refractivity contribution in [3.05, 3.63) is 95.1 Å². The van der Waals surface area contributed by atoms with Gasteiger partial charge in [-0.1, -0.05) is 30.3 Å². The van der Waals surface area contributed by atoms with Gasteiger partial charge in [0.25, 0.3) is 0 Å². The molecule has 0 aliphatic carbocycles. The highest BCUT2D eigenvalue weighted by Crippen LogP contribution is 2.31. The number of anilines is 1. The number of nitrogens with one attached hydrogen (secondary N) is 2. The molecule has 0 bridgehead atoms. The molecular formula is C29H32F2N2O3. The Bertz CT molecular complexity index is 1140. The predicted molar refractivity (Wildman–Crippen MR) is 136 cm³/mol. The minimum absolute atomic E-state index is 0.00212. The summed E-state index contributed by atoms with van der Waals surface area (Å²) in [6, 6.07) is 18.6. The van der Waals surface area contributed by atoms with E-state index < -0.39 is 0 Å². The van der Waals surface area contributed by atoms with Gasteiger partial charge in [-0.15, -0.1) is 0 Å². The van der Waals surface area contributed by atoms with Gasteiger partial charge < -0.3 is 20.1 Å². The summed E-state index contributed by atoms with van der Waals surface area (Å²) in [7, 11) is 1.59. The lowest BCUT2D eigenvalue weighted by Gasteiger charge is -2.28. The zero-order valence-corrected chi connectivity index (χ0v) is 20.6. The van der Waals surface area contributed by atoms with Crippen LogP contribution in [-0.4, -0.2) is 38.3 Å². The summed E-state index contributed by atoms with van der Waals surface area (Å²) < 4.78 is 39.4. The fourth-order valence-electron chi connectivity index (χ4n) is 4.50. The van der Waals surface area contributed by atoms with Crippen molar-refractivity contribution in [2.45, 2.75) is 44.2 Å². The fraction of sp³-hybridized carbons (Fsp3) is 0.345. The number of benzene rings is 3. The quantitative estimate of drug-likeness (QED) is 0.416. The third-order valence-corrected chi connectivity index (χ3v) is 6.57. The highest BCUT2D eigenvalue weighted by Gasteiger charge is 2.22. The molecule has 2 N–H and O–H groups in total. The van der Waals surface area contributed by atoms with Crippen molar-refractivity contribution in [2.75, 3.05) is 25.6 Å². The lowest BCUT2D eigenvalue weighted by molar-refractivity contribution is -0.116. The van der Waals surface area contributed by atoms with Crippen molar-refractivity contribution >= 4 is 11.6 Å². The Hall–Kier alpha value is -3.29. The molecule has 0 aromatic heterocycles. The smallest absolute Gasteiger partial charge is 0.225 e. The van der Waals surface area contributed by atoms with Crippen molar-refractivity contribution < 1.29 is 23.0 Å². The van der Waals surface area contributed by atoms with Crippen LogP contribution < -0.4 is 15.4 Å². The van der Waals surface area contributed by atoms with Crippen molar-refractivity contribution in [1.82, 2.24) is 5.32 Å². The Morgan fingerprint density at radius 2 is 1.78 bits per heavy atom. The molecule has 4 rings (SSSR count). The van der Waals surface area contributed by atoms with Crippen molar-refractivity contribution in [1.29, 1.82) is 0 Å². The molecule has 0 unspecified atom stereocenters. The molecule has 3 atom stereocenters. The van der Waals surface area contributed by atoms with E-state index in [2.05, 4.69) is 17.6 Å². The number of ether oxygens (including phenoxy) is 2. The van der Waals surface area contributed by atoms with Gasteiger partial charge in [0.05, 0.1) is 19.8 Å². The average Bonchev–Trinajstić information content (AvgIpc) is 2.89. The molecule has 3 aromatic rings. The van der Waals surface area contributed by atoms with Crippen LogP contribution in [-0.2, 0) is 16.0 Å². The minimum atomic E-state index is -0.352. The largest absolute Gasteiger partial charge is 0.497 e.